The molecule has 0 aliphatic carbocycles. The van der Waals surface area contributed by atoms with Crippen molar-refractivity contribution in [3.8, 4) is 0 Å². The van der Waals surface area contributed by atoms with Gasteiger partial charge in [0, 0.05) is 0 Å². The average molecular weight is 645 g/mol. The molecule has 6 heterocycles. The van der Waals surface area contributed by atoms with Crippen LogP contribution < -0.4 is 28.7 Å². The number of rotatable bonds is 8. The molecule has 0 aromatic carbocycles. The number of hydrogen-bond donors (Lipinski definition) is 10. The molecule has 24 heteroatoms. The predicted molar refractivity (Wildman–Crippen MR) is 144 cm³/mol. The van der Waals surface area contributed by atoms with E-state index in [1.165, 1.54) is 0 Å². The summed E-state index contributed by atoms with van der Waals surface area (Å²) >= 11 is 0. The lowest BCUT2D eigenvalue weighted by Crippen LogP contribution is -2.36. The summed E-state index contributed by atoms with van der Waals surface area (Å²) in [5.74, 6) is -0.504. The van der Waals surface area contributed by atoms with E-state index < -0.39 is 81.2 Å². The number of hydrogen-bond acceptors (Lipinski definition) is 18. The average Bonchev–Trinajstić information content (AvgIpc) is 3.69. The third kappa shape index (κ3) is 5.35. The van der Waals surface area contributed by atoms with E-state index in [2.05, 4.69) is 29.9 Å². The second-order valence-electron chi connectivity index (χ2n) is 9.67. The predicted octanol–water partition coefficient (Wildman–Crippen LogP) is -4.05. The van der Waals surface area contributed by atoms with Crippen LogP contribution in [0.4, 0.5) is 11.9 Å². The van der Waals surface area contributed by atoms with Crippen LogP contribution >= 0.6 is 7.82 Å². The zero-order chi connectivity index (χ0) is 30.8. The quantitative estimate of drug-likeness (QED) is 0.0814. The van der Waals surface area contributed by atoms with Gasteiger partial charge in [-0.2, -0.15) is 9.97 Å². The number of nitrogens with zero attached hydrogens (tertiary/aromatic N) is 6. The topological polar surface area (TPSA) is 369 Å². The Morgan fingerprint density at radius 1 is 0.886 bits per heavy atom. The normalized spacial score (nSPS) is 30.1. The second-order valence-corrected chi connectivity index (χ2v) is 11.1. The van der Waals surface area contributed by atoms with Crippen LogP contribution in [-0.4, -0.2) is 114 Å². The summed E-state index contributed by atoms with van der Waals surface area (Å²) in [4.78, 5) is 55.1. The van der Waals surface area contributed by atoms with E-state index in [4.69, 9.17) is 30.0 Å². The van der Waals surface area contributed by atoms with Crippen molar-refractivity contribution in [1.29, 1.82) is 0 Å². The standard InChI is InChI=1S/C20H25N10O12P.H3N/c21-19-25-13-7(15(35)27-19)23-3-29(13)17-11(34)9(32)6(41-17)2-39-43(37,38)42-12-10(33)5(1-31)40-18(12)30-4-24-8-14(30)26-20(22)28-16(8)36;/h3-6,9-12,17-18,31-34H,1-2H2,(H,37,38)(H3,21,25,27,35)(H3,22,26,28,36);1H3/t5-,6-,9-,10-,11-,12-,17-,18-;/m1./s1. The van der Waals surface area contributed by atoms with Gasteiger partial charge in [-0.15, -0.1) is 0 Å². The lowest BCUT2D eigenvalue weighted by atomic mass is 10.1. The molecule has 2 aliphatic rings. The maximum atomic E-state index is 13.0. The minimum atomic E-state index is -5.10. The number of imidazole rings is 2. The van der Waals surface area contributed by atoms with Crippen molar-refractivity contribution in [3.05, 3.63) is 33.4 Å². The van der Waals surface area contributed by atoms with E-state index in [1.54, 1.807) is 0 Å². The molecule has 2 fully saturated rings. The molecule has 44 heavy (non-hydrogen) atoms. The van der Waals surface area contributed by atoms with Gasteiger partial charge in [0.15, 0.2) is 34.8 Å². The number of aliphatic hydroxyl groups is 4. The fourth-order valence-electron chi connectivity index (χ4n) is 4.91. The summed E-state index contributed by atoms with van der Waals surface area (Å²) < 4.78 is 36.8. The van der Waals surface area contributed by atoms with Gasteiger partial charge in [-0.25, -0.2) is 14.5 Å². The molecule has 0 saturated carbocycles. The van der Waals surface area contributed by atoms with E-state index in [0.29, 0.717) is 0 Å². The molecule has 4 aromatic rings. The van der Waals surface area contributed by atoms with Gasteiger partial charge < -0.3 is 52.4 Å². The lowest BCUT2D eigenvalue weighted by Gasteiger charge is -2.24. The van der Waals surface area contributed by atoms with Crippen molar-refractivity contribution >= 4 is 42.0 Å². The van der Waals surface area contributed by atoms with E-state index >= 15 is 0 Å². The molecule has 2 aliphatic heterocycles. The number of nitrogens with one attached hydrogen (secondary N) is 2. The molecular weight excluding hydrogens is 617 g/mol. The highest BCUT2D eigenvalue weighted by Gasteiger charge is 2.50. The van der Waals surface area contributed by atoms with Crippen LogP contribution in [0.5, 0.6) is 0 Å². The maximum absolute atomic E-state index is 13.0. The van der Waals surface area contributed by atoms with Gasteiger partial charge in [0.25, 0.3) is 11.1 Å². The Morgan fingerprint density at radius 3 is 1.95 bits per heavy atom. The highest BCUT2D eigenvalue weighted by Crippen LogP contribution is 2.50. The van der Waals surface area contributed by atoms with Gasteiger partial charge in [-0.3, -0.25) is 37.7 Å². The smallest absolute Gasteiger partial charge is 0.394 e. The van der Waals surface area contributed by atoms with Gasteiger partial charge in [-0.1, -0.05) is 0 Å². The molecule has 0 bridgehead atoms. The Kier molecular flexibility index (Phi) is 8.29. The first-order valence-electron chi connectivity index (χ1n) is 12.4. The van der Waals surface area contributed by atoms with Crippen LogP contribution in [0.3, 0.4) is 0 Å². The van der Waals surface area contributed by atoms with E-state index in [0.717, 1.165) is 21.8 Å². The maximum Gasteiger partial charge on any atom is 0.472 e. The Hall–Kier alpha value is -3.87. The molecule has 6 rings (SSSR count). The highest BCUT2D eigenvalue weighted by atomic mass is 31.2. The number of H-pyrrole nitrogens is 2. The van der Waals surface area contributed by atoms with E-state index in [1.807, 2.05) is 0 Å². The Morgan fingerprint density at radius 2 is 1.41 bits per heavy atom. The molecule has 0 radical (unpaired) electrons. The molecule has 0 spiro atoms. The fourth-order valence-corrected chi connectivity index (χ4v) is 5.85. The van der Waals surface area contributed by atoms with Crippen LogP contribution in [0.2, 0.25) is 0 Å². The van der Waals surface area contributed by atoms with Gasteiger partial charge in [0.2, 0.25) is 11.9 Å². The molecule has 14 N–H and O–H groups in total. The third-order valence-corrected chi connectivity index (χ3v) is 7.92. The van der Waals surface area contributed by atoms with Crippen LogP contribution in [0.25, 0.3) is 22.3 Å². The molecule has 0 amide bonds. The van der Waals surface area contributed by atoms with Crippen molar-refractivity contribution in [2.24, 2.45) is 0 Å². The summed E-state index contributed by atoms with van der Waals surface area (Å²) in [5.41, 5.74) is 9.44. The van der Waals surface area contributed by atoms with Gasteiger partial charge in [0.05, 0.1) is 25.9 Å². The van der Waals surface area contributed by atoms with Gasteiger partial charge in [-0.05, 0) is 0 Å². The first-order valence-corrected chi connectivity index (χ1v) is 13.9. The number of nitrogens with two attached hydrogens (primary N) is 2. The van der Waals surface area contributed by atoms with Gasteiger partial charge in [0.1, 0.15) is 36.6 Å². The van der Waals surface area contributed by atoms with Crippen molar-refractivity contribution < 1.29 is 48.4 Å². The van der Waals surface area contributed by atoms with E-state index in [-0.39, 0.29) is 40.4 Å². The van der Waals surface area contributed by atoms with Crippen molar-refractivity contribution in [2.45, 2.75) is 49.1 Å². The van der Waals surface area contributed by atoms with Crippen LogP contribution in [0, 0.1) is 0 Å². The molecule has 9 atom stereocenters. The molecule has 240 valence electrons. The van der Waals surface area contributed by atoms with Crippen LogP contribution in [-0.2, 0) is 23.1 Å². The zero-order valence-corrected chi connectivity index (χ0v) is 23.2. The minimum Gasteiger partial charge on any atom is -0.394 e. The Balaban J connectivity index is 0.00000384. The molecular formula is C20H28N11O12P. The summed E-state index contributed by atoms with van der Waals surface area (Å²) in [6.45, 7) is -1.52. The monoisotopic (exact) mass is 645 g/mol. The molecule has 23 nitrogen and oxygen atoms in total. The Bertz CT molecular complexity index is 1840. The summed E-state index contributed by atoms with van der Waals surface area (Å²) in [5, 5.41) is 41.5. The van der Waals surface area contributed by atoms with Crippen molar-refractivity contribution in [1.82, 2.24) is 45.2 Å². The third-order valence-electron chi connectivity index (χ3n) is 6.94. The number of ether oxygens (including phenoxy) is 2. The minimum absolute atomic E-state index is 0. The molecule has 1 unspecified atom stereocenters. The number of phosphoric ester groups is 1. The first kappa shape index (κ1) is 31.6. The fraction of sp³-hybridized carbons (Fsp3) is 0.500. The first-order chi connectivity index (χ1) is 20.4. The summed E-state index contributed by atoms with van der Waals surface area (Å²) in [6.07, 6.45) is -9.86. The number of anilines is 2. The molecule has 4 aromatic heterocycles. The van der Waals surface area contributed by atoms with Gasteiger partial charge >= 0.3 is 7.82 Å². The largest absolute Gasteiger partial charge is 0.472 e. The van der Waals surface area contributed by atoms with Crippen LogP contribution in [0.1, 0.15) is 12.5 Å². The number of aromatic amines is 2. The molecule has 2 saturated heterocycles. The Labute approximate surface area is 243 Å². The number of phosphoric acid groups is 1. The number of aromatic nitrogens is 8. The summed E-state index contributed by atoms with van der Waals surface area (Å²) in [7, 11) is -5.10. The second kappa shape index (κ2) is 11.6. The number of nitrogen functional groups attached to an aromatic ring is 2. The SMILES string of the molecule is N.Nc1nc2c(ncn2[C@@H]2O[C@H](COP(=O)(O)O[C@@H]3[C@H](O)[C@@H](CO)O[C@H]3n3cnc4c(=O)[nH]c(N)nc43)[C@@H](O)[C@H]2O)c(=O)[nH]1. The number of aliphatic hydroxyl groups excluding tert-OH is 4. The highest BCUT2D eigenvalue weighted by molar-refractivity contribution is 7.47. The zero-order valence-electron chi connectivity index (χ0n) is 22.3. The number of fused-ring (bicyclic) bond motifs is 2. The lowest BCUT2D eigenvalue weighted by molar-refractivity contribution is -0.0615. The van der Waals surface area contributed by atoms with Crippen molar-refractivity contribution in [2.75, 3.05) is 24.7 Å². The van der Waals surface area contributed by atoms with Crippen molar-refractivity contribution in [3.63, 3.8) is 0 Å². The van der Waals surface area contributed by atoms with Crippen LogP contribution in [0.15, 0.2) is 22.2 Å². The van der Waals surface area contributed by atoms with E-state index in [9.17, 15) is 39.5 Å². The summed E-state index contributed by atoms with van der Waals surface area (Å²) in [6, 6.07) is 0.